The summed E-state index contributed by atoms with van der Waals surface area (Å²) in [6.07, 6.45) is 4.54. The number of anilines is 1. The van der Waals surface area contributed by atoms with Crippen molar-refractivity contribution in [2.24, 2.45) is 4.99 Å². The molecule has 1 aliphatic heterocycles. The molecule has 1 aliphatic rings. The molecule has 0 saturated carbocycles. The SMILES string of the molecule is COc1ccc(CCNC(=O)CN2CCCC[C@H](N=C(NC#N)Nc3ccc4oc(C)cc4c3)C2=O)cc1OC. The maximum atomic E-state index is 13.3. The van der Waals surface area contributed by atoms with Crippen LogP contribution in [-0.2, 0) is 16.0 Å². The van der Waals surface area contributed by atoms with Crippen LogP contribution >= 0.6 is 0 Å². The molecule has 11 nitrogen and oxygen atoms in total. The Morgan fingerprint density at radius 1 is 1.15 bits per heavy atom. The van der Waals surface area contributed by atoms with E-state index >= 15 is 0 Å². The lowest BCUT2D eigenvalue weighted by Crippen LogP contribution is -2.44. The second-order valence-electron chi connectivity index (χ2n) is 9.51. The Kier molecular flexibility index (Phi) is 9.46. The average Bonchev–Trinajstić information content (AvgIpc) is 3.24. The normalized spacial score (nSPS) is 15.8. The highest BCUT2D eigenvalue weighted by atomic mass is 16.5. The zero-order valence-corrected chi connectivity index (χ0v) is 23.0. The third-order valence-electron chi connectivity index (χ3n) is 6.63. The Hall–Kier alpha value is -4.72. The first-order chi connectivity index (χ1) is 19.4. The summed E-state index contributed by atoms with van der Waals surface area (Å²) < 4.78 is 16.2. The minimum atomic E-state index is -0.717. The number of hydrogen-bond acceptors (Lipinski definition) is 7. The quantitative estimate of drug-likeness (QED) is 0.161. The number of nitrogens with zero attached hydrogens (tertiary/aromatic N) is 3. The lowest BCUT2D eigenvalue weighted by Gasteiger charge is -2.22. The Labute approximate surface area is 233 Å². The van der Waals surface area contributed by atoms with Crippen molar-refractivity contribution in [2.45, 2.75) is 38.6 Å². The van der Waals surface area contributed by atoms with Gasteiger partial charge >= 0.3 is 0 Å². The van der Waals surface area contributed by atoms with Crippen LogP contribution in [0.5, 0.6) is 11.5 Å². The average molecular weight is 547 g/mol. The van der Waals surface area contributed by atoms with Crippen molar-refractivity contribution >= 4 is 34.4 Å². The molecule has 4 rings (SSSR count). The number of nitrogens with one attached hydrogen (secondary N) is 3. The number of furan rings is 1. The number of hydrogen-bond donors (Lipinski definition) is 3. The third-order valence-corrected chi connectivity index (χ3v) is 6.63. The molecule has 210 valence electrons. The molecule has 1 saturated heterocycles. The van der Waals surface area contributed by atoms with Crippen molar-refractivity contribution in [2.75, 3.05) is 39.2 Å². The zero-order valence-electron chi connectivity index (χ0n) is 23.0. The van der Waals surface area contributed by atoms with Crippen LogP contribution in [0.4, 0.5) is 5.69 Å². The molecule has 0 spiro atoms. The zero-order chi connectivity index (χ0) is 28.5. The van der Waals surface area contributed by atoms with Crippen LogP contribution in [0.3, 0.4) is 0 Å². The van der Waals surface area contributed by atoms with Crippen molar-refractivity contribution in [1.29, 1.82) is 5.26 Å². The second kappa shape index (κ2) is 13.4. The highest BCUT2D eigenvalue weighted by Crippen LogP contribution is 2.27. The van der Waals surface area contributed by atoms with Gasteiger partial charge in [0, 0.05) is 24.2 Å². The topological polar surface area (TPSA) is 141 Å². The largest absolute Gasteiger partial charge is 0.493 e. The standard InChI is InChI=1S/C29H34N6O5/c1-19-14-21-16-22(8-10-24(21)40-19)33-29(32-18-30)34-23-6-4-5-13-35(28(23)37)17-27(36)31-12-11-20-7-9-25(38-2)26(15-20)39-3/h7-10,14-16,23H,4-6,11-13,17H2,1-3H3,(H,31,36)(H2,32,33,34)/t23-/m0/s1. The van der Waals surface area contributed by atoms with Gasteiger partial charge in [0.1, 0.15) is 17.4 Å². The van der Waals surface area contributed by atoms with E-state index < -0.39 is 6.04 Å². The molecule has 11 heteroatoms. The Bertz CT molecular complexity index is 1430. The Morgan fingerprint density at radius 3 is 2.75 bits per heavy atom. The number of aryl methyl sites for hydroxylation is 1. The fourth-order valence-electron chi connectivity index (χ4n) is 4.67. The lowest BCUT2D eigenvalue weighted by atomic mass is 10.1. The van der Waals surface area contributed by atoms with Gasteiger partial charge in [-0.15, -0.1) is 0 Å². The van der Waals surface area contributed by atoms with E-state index in [1.54, 1.807) is 14.2 Å². The number of aliphatic imine (C=N–C) groups is 1. The summed E-state index contributed by atoms with van der Waals surface area (Å²) in [7, 11) is 3.16. The van der Waals surface area contributed by atoms with Gasteiger partial charge in [-0.25, -0.2) is 4.99 Å². The lowest BCUT2D eigenvalue weighted by molar-refractivity contribution is -0.136. The number of ether oxygens (including phenoxy) is 2. The van der Waals surface area contributed by atoms with E-state index in [4.69, 9.17) is 13.9 Å². The number of carbonyl (C=O) groups is 2. The molecule has 3 aromatic rings. The number of methoxy groups -OCH3 is 2. The summed E-state index contributed by atoms with van der Waals surface area (Å²) in [6.45, 7) is 2.71. The van der Waals surface area contributed by atoms with Gasteiger partial charge in [-0.3, -0.25) is 14.9 Å². The van der Waals surface area contributed by atoms with Crippen molar-refractivity contribution in [3.63, 3.8) is 0 Å². The van der Waals surface area contributed by atoms with Crippen molar-refractivity contribution in [3.8, 4) is 17.7 Å². The Morgan fingerprint density at radius 2 is 1.98 bits per heavy atom. The van der Waals surface area contributed by atoms with Gasteiger partial charge < -0.3 is 29.4 Å². The van der Waals surface area contributed by atoms with E-state index in [0.717, 1.165) is 35.1 Å². The van der Waals surface area contributed by atoms with Gasteiger partial charge in [-0.05, 0) is 74.6 Å². The molecule has 1 atom stereocenters. The molecule has 1 aromatic heterocycles. The number of nitriles is 1. The van der Waals surface area contributed by atoms with Gasteiger partial charge in [0.15, 0.2) is 17.7 Å². The first kappa shape index (κ1) is 28.3. The summed E-state index contributed by atoms with van der Waals surface area (Å²) in [6, 6.07) is 12.3. The Balaban J connectivity index is 1.36. The molecule has 40 heavy (non-hydrogen) atoms. The summed E-state index contributed by atoms with van der Waals surface area (Å²) in [5.41, 5.74) is 2.44. The van der Waals surface area contributed by atoms with Gasteiger partial charge in [-0.1, -0.05) is 6.07 Å². The fraction of sp³-hybridized carbons (Fsp3) is 0.379. The van der Waals surface area contributed by atoms with Crippen LogP contribution in [-0.4, -0.2) is 62.6 Å². The predicted molar refractivity (Wildman–Crippen MR) is 151 cm³/mol. The number of guanidine groups is 1. The second-order valence-corrected chi connectivity index (χ2v) is 9.51. The van der Waals surface area contributed by atoms with E-state index in [1.807, 2.05) is 55.6 Å². The molecular formula is C29H34N6O5. The summed E-state index contributed by atoms with van der Waals surface area (Å²) in [5, 5.41) is 18.7. The third kappa shape index (κ3) is 7.22. The molecular weight excluding hydrogens is 512 g/mol. The van der Waals surface area contributed by atoms with Gasteiger partial charge in [0.25, 0.3) is 0 Å². The van der Waals surface area contributed by atoms with Gasteiger partial charge in [0.05, 0.1) is 20.8 Å². The number of benzene rings is 2. The van der Waals surface area contributed by atoms with Crippen molar-refractivity contribution in [3.05, 3.63) is 53.8 Å². The monoisotopic (exact) mass is 546 g/mol. The van der Waals surface area contributed by atoms with Crippen LogP contribution < -0.4 is 25.4 Å². The summed E-state index contributed by atoms with van der Waals surface area (Å²) >= 11 is 0. The van der Waals surface area contributed by atoms with Crippen LogP contribution in [0.15, 0.2) is 51.9 Å². The molecule has 1 fully saturated rings. The first-order valence-electron chi connectivity index (χ1n) is 13.2. The predicted octanol–water partition coefficient (Wildman–Crippen LogP) is 3.34. The molecule has 2 aromatic carbocycles. The minimum Gasteiger partial charge on any atom is -0.493 e. The minimum absolute atomic E-state index is 0.0538. The molecule has 3 N–H and O–H groups in total. The molecule has 2 heterocycles. The number of fused-ring (bicyclic) bond motifs is 1. The number of likely N-dealkylation sites (tertiary alicyclic amines) is 1. The molecule has 0 unspecified atom stereocenters. The number of amides is 2. The molecule has 0 bridgehead atoms. The van der Waals surface area contributed by atoms with Crippen LogP contribution in [0.2, 0.25) is 0 Å². The maximum Gasteiger partial charge on any atom is 0.247 e. The highest BCUT2D eigenvalue weighted by molar-refractivity contribution is 5.98. The molecule has 0 aliphatic carbocycles. The fourth-order valence-corrected chi connectivity index (χ4v) is 4.67. The van der Waals surface area contributed by atoms with Gasteiger partial charge in [-0.2, -0.15) is 5.26 Å². The van der Waals surface area contributed by atoms with Crippen LogP contribution in [0.25, 0.3) is 11.0 Å². The van der Waals surface area contributed by atoms with Crippen LogP contribution in [0, 0.1) is 18.4 Å². The van der Waals surface area contributed by atoms with E-state index in [1.165, 1.54) is 4.90 Å². The maximum absolute atomic E-state index is 13.3. The first-order valence-corrected chi connectivity index (χ1v) is 13.2. The van der Waals surface area contributed by atoms with Crippen molar-refractivity contribution < 1.29 is 23.5 Å². The van der Waals surface area contributed by atoms with E-state index in [-0.39, 0.29) is 24.3 Å². The smallest absolute Gasteiger partial charge is 0.247 e. The number of rotatable bonds is 9. The van der Waals surface area contributed by atoms with Gasteiger partial charge in [0.2, 0.25) is 17.8 Å². The molecule has 0 radical (unpaired) electrons. The summed E-state index contributed by atoms with van der Waals surface area (Å²) in [4.78, 5) is 32.1. The number of carbonyl (C=O) groups excluding carboxylic acids is 2. The summed E-state index contributed by atoms with van der Waals surface area (Å²) in [5.74, 6) is 1.75. The van der Waals surface area contributed by atoms with Crippen LogP contribution in [0.1, 0.15) is 30.6 Å². The van der Waals surface area contributed by atoms with E-state index in [0.29, 0.717) is 43.1 Å². The van der Waals surface area contributed by atoms with E-state index in [2.05, 4.69) is 20.9 Å². The highest BCUT2D eigenvalue weighted by Gasteiger charge is 2.28. The molecule has 2 amide bonds. The van der Waals surface area contributed by atoms with E-state index in [9.17, 15) is 14.9 Å². The van der Waals surface area contributed by atoms with Crippen molar-refractivity contribution in [1.82, 2.24) is 15.5 Å².